The van der Waals surface area contributed by atoms with Crippen LogP contribution in [0.25, 0.3) is 0 Å². The van der Waals surface area contributed by atoms with Gasteiger partial charge in [0, 0.05) is 10.9 Å². The number of hydrogen-bond acceptors (Lipinski definition) is 1. The zero-order valence-corrected chi connectivity index (χ0v) is 10.9. The van der Waals surface area contributed by atoms with E-state index in [0.29, 0.717) is 17.0 Å². The fourth-order valence-electron chi connectivity index (χ4n) is 1.60. The highest BCUT2D eigenvalue weighted by atomic mass is 79.9. The van der Waals surface area contributed by atoms with E-state index in [1.807, 2.05) is 0 Å². The first kappa shape index (κ1) is 12.1. The molecule has 0 N–H and O–H groups in total. The van der Waals surface area contributed by atoms with Gasteiger partial charge in [-0.15, -0.1) is 0 Å². The van der Waals surface area contributed by atoms with Crippen molar-refractivity contribution >= 4 is 33.3 Å². The highest BCUT2D eigenvalue weighted by Gasteiger charge is 2.33. The van der Waals surface area contributed by atoms with Crippen molar-refractivity contribution in [3.05, 3.63) is 34.6 Å². The molecule has 0 aromatic heterocycles. The number of rotatable bonds is 4. The molecule has 1 aliphatic rings. The van der Waals surface area contributed by atoms with Crippen LogP contribution < -0.4 is 0 Å². The Morgan fingerprint density at radius 1 is 1.56 bits per heavy atom. The summed E-state index contributed by atoms with van der Waals surface area (Å²) in [6.07, 6.45) is 2.34. The van der Waals surface area contributed by atoms with E-state index in [4.69, 9.17) is 11.6 Å². The fourth-order valence-corrected chi connectivity index (χ4v) is 2.49. The molecule has 0 spiro atoms. The van der Waals surface area contributed by atoms with Gasteiger partial charge in [0.1, 0.15) is 11.6 Å². The number of ketones is 1. The van der Waals surface area contributed by atoms with E-state index in [2.05, 4.69) is 15.9 Å². The first-order chi connectivity index (χ1) is 7.58. The fraction of sp³-hybridized carbons (Fsp3) is 0.417. The average molecular weight is 306 g/mol. The second-order valence-corrected chi connectivity index (χ2v) is 5.63. The number of alkyl halides is 1. The lowest BCUT2D eigenvalue weighted by Gasteiger charge is -2.09. The molecule has 1 aromatic carbocycles. The molecule has 1 fully saturated rings. The van der Waals surface area contributed by atoms with Crippen LogP contribution in [0.2, 0.25) is 5.02 Å². The third-order valence-electron chi connectivity index (χ3n) is 2.70. The smallest absolute Gasteiger partial charge is 0.149 e. The van der Waals surface area contributed by atoms with E-state index in [0.717, 1.165) is 12.8 Å². The summed E-state index contributed by atoms with van der Waals surface area (Å²) in [5.41, 5.74) is 0.528. The van der Waals surface area contributed by atoms with Crippen LogP contribution in [-0.2, 0) is 11.2 Å². The van der Waals surface area contributed by atoms with Gasteiger partial charge in [-0.05, 0) is 37.0 Å². The maximum absolute atomic E-state index is 13.5. The summed E-state index contributed by atoms with van der Waals surface area (Å²) in [5, 5.41) is 0.376. The molecule has 1 unspecified atom stereocenters. The maximum Gasteiger partial charge on any atom is 0.149 e. The van der Waals surface area contributed by atoms with Crippen LogP contribution in [0.3, 0.4) is 0 Å². The number of halogens is 3. The normalized spacial score (nSPS) is 17.2. The monoisotopic (exact) mass is 304 g/mol. The standard InChI is InChI=1S/C12H11BrClFO/c13-10(12(16)7-1-2-7)5-8-3-4-9(14)6-11(8)15/h3-4,6-7,10H,1-2,5H2. The van der Waals surface area contributed by atoms with E-state index in [9.17, 15) is 9.18 Å². The lowest BCUT2D eigenvalue weighted by molar-refractivity contribution is -0.119. The molecule has 16 heavy (non-hydrogen) atoms. The Labute approximate surface area is 107 Å². The molecule has 1 atom stereocenters. The van der Waals surface area contributed by atoms with Crippen LogP contribution in [0.4, 0.5) is 4.39 Å². The highest BCUT2D eigenvalue weighted by Crippen LogP contribution is 2.33. The molecule has 1 saturated carbocycles. The van der Waals surface area contributed by atoms with E-state index < -0.39 is 0 Å². The van der Waals surface area contributed by atoms with Crippen molar-refractivity contribution in [1.29, 1.82) is 0 Å². The predicted octanol–water partition coefficient (Wildman–Crippen LogP) is 3.76. The SMILES string of the molecule is O=C(C(Br)Cc1ccc(Cl)cc1F)C1CC1. The van der Waals surface area contributed by atoms with Gasteiger partial charge < -0.3 is 0 Å². The zero-order chi connectivity index (χ0) is 11.7. The maximum atomic E-state index is 13.5. The van der Waals surface area contributed by atoms with Crippen LogP contribution in [0, 0.1) is 11.7 Å². The van der Waals surface area contributed by atoms with Gasteiger partial charge >= 0.3 is 0 Å². The highest BCUT2D eigenvalue weighted by molar-refractivity contribution is 9.10. The summed E-state index contributed by atoms with van der Waals surface area (Å²) in [5.74, 6) is 0.0367. The Kier molecular flexibility index (Phi) is 3.65. The van der Waals surface area contributed by atoms with Gasteiger partial charge in [-0.3, -0.25) is 4.79 Å². The number of hydrogen-bond donors (Lipinski definition) is 0. The summed E-state index contributed by atoms with van der Waals surface area (Å²) in [4.78, 5) is 11.4. The first-order valence-corrected chi connectivity index (χ1v) is 6.49. The average Bonchev–Trinajstić information content (AvgIpc) is 3.04. The Hall–Kier alpha value is -0.410. The Balaban J connectivity index is 2.05. The van der Waals surface area contributed by atoms with Crippen molar-refractivity contribution in [1.82, 2.24) is 0 Å². The molecule has 1 aromatic rings. The molecule has 0 saturated heterocycles. The minimum absolute atomic E-state index is 0.189. The van der Waals surface area contributed by atoms with Gasteiger partial charge in [-0.1, -0.05) is 33.6 Å². The van der Waals surface area contributed by atoms with Crippen molar-refractivity contribution < 1.29 is 9.18 Å². The lowest BCUT2D eigenvalue weighted by Crippen LogP contribution is -2.18. The van der Waals surface area contributed by atoms with Crippen LogP contribution >= 0.6 is 27.5 Å². The number of carbonyl (C=O) groups excluding carboxylic acids is 1. The molecule has 86 valence electrons. The molecule has 0 amide bonds. The zero-order valence-electron chi connectivity index (χ0n) is 8.55. The van der Waals surface area contributed by atoms with Crippen molar-refractivity contribution in [2.75, 3.05) is 0 Å². The molecule has 4 heteroatoms. The van der Waals surface area contributed by atoms with Crippen molar-refractivity contribution in [3.63, 3.8) is 0 Å². The lowest BCUT2D eigenvalue weighted by atomic mass is 10.0. The van der Waals surface area contributed by atoms with Crippen molar-refractivity contribution in [2.24, 2.45) is 5.92 Å². The minimum Gasteiger partial charge on any atom is -0.298 e. The van der Waals surface area contributed by atoms with Crippen molar-refractivity contribution in [3.8, 4) is 0 Å². The van der Waals surface area contributed by atoms with Crippen molar-refractivity contribution in [2.45, 2.75) is 24.1 Å². The third-order valence-corrected chi connectivity index (χ3v) is 3.71. The number of Topliss-reactive ketones (excluding diaryl/α,β-unsaturated/α-hetero) is 1. The second kappa shape index (κ2) is 4.84. The Morgan fingerprint density at radius 3 is 2.81 bits per heavy atom. The molecule has 1 aliphatic carbocycles. The van der Waals surface area contributed by atoms with Gasteiger partial charge in [0.05, 0.1) is 4.83 Å². The molecule has 0 aliphatic heterocycles. The summed E-state index contributed by atoms with van der Waals surface area (Å²) in [6.45, 7) is 0. The van der Waals surface area contributed by atoms with Crippen LogP contribution in [-0.4, -0.2) is 10.6 Å². The van der Waals surface area contributed by atoms with Gasteiger partial charge in [0.2, 0.25) is 0 Å². The third kappa shape index (κ3) is 2.83. The Morgan fingerprint density at radius 2 is 2.25 bits per heavy atom. The largest absolute Gasteiger partial charge is 0.298 e. The first-order valence-electron chi connectivity index (χ1n) is 5.19. The summed E-state index contributed by atoms with van der Waals surface area (Å²) >= 11 is 8.98. The topological polar surface area (TPSA) is 17.1 Å². The summed E-state index contributed by atoms with van der Waals surface area (Å²) < 4.78 is 13.5. The van der Waals surface area contributed by atoms with Crippen LogP contribution in [0.15, 0.2) is 18.2 Å². The molecule has 0 bridgehead atoms. The number of carbonyl (C=O) groups is 1. The van der Waals surface area contributed by atoms with Gasteiger partial charge in [0.25, 0.3) is 0 Å². The van der Waals surface area contributed by atoms with Gasteiger partial charge in [0.15, 0.2) is 0 Å². The van der Waals surface area contributed by atoms with Crippen LogP contribution in [0.5, 0.6) is 0 Å². The molecule has 2 rings (SSSR count). The molecular formula is C12H11BrClFO. The Bertz CT molecular complexity index is 417. The minimum atomic E-state index is -0.347. The molecule has 0 heterocycles. The van der Waals surface area contributed by atoms with E-state index >= 15 is 0 Å². The van der Waals surface area contributed by atoms with Gasteiger partial charge in [-0.2, -0.15) is 0 Å². The second-order valence-electron chi connectivity index (χ2n) is 4.08. The molecular weight excluding hydrogens is 294 g/mol. The quantitative estimate of drug-likeness (QED) is 0.774. The summed E-state index contributed by atoms with van der Waals surface area (Å²) in [7, 11) is 0. The van der Waals surface area contributed by atoms with Crippen LogP contribution in [0.1, 0.15) is 18.4 Å². The number of benzene rings is 1. The van der Waals surface area contributed by atoms with E-state index in [1.54, 1.807) is 12.1 Å². The molecule has 1 nitrogen and oxygen atoms in total. The van der Waals surface area contributed by atoms with Gasteiger partial charge in [-0.25, -0.2) is 4.39 Å². The van der Waals surface area contributed by atoms with E-state index in [1.165, 1.54) is 6.07 Å². The predicted molar refractivity (Wildman–Crippen MR) is 65.6 cm³/mol. The molecule has 0 radical (unpaired) electrons. The van der Waals surface area contributed by atoms with E-state index in [-0.39, 0.29) is 22.3 Å². The summed E-state index contributed by atoms with van der Waals surface area (Å²) in [6, 6.07) is 4.55.